The second-order valence-electron chi connectivity index (χ2n) is 2.81. The van der Waals surface area contributed by atoms with Gasteiger partial charge in [0.15, 0.2) is 0 Å². The first-order chi connectivity index (χ1) is 4.57. The van der Waals surface area contributed by atoms with E-state index in [0.29, 0.717) is 6.04 Å². The summed E-state index contributed by atoms with van der Waals surface area (Å²) in [5.74, 6) is 0. The molecule has 0 aliphatic carbocycles. The highest BCUT2D eigenvalue weighted by Crippen LogP contribution is 2.00. The van der Waals surface area contributed by atoms with Crippen LogP contribution in [0.15, 0.2) is 23.9 Å². The van der Waals surface area contributed by atoms with Crippen molar-refractivity contribution in [2.45, 2.75) is 33.7 Å². The van der Waals surface area contributed by atoms with Gasteiger partial charge in [0.2, 0.25) is 0 Å². The summed E-state index contributed by atoms with van der Waals surface area (Å²) < 4.78 is 0. The topological polar surface area (TPSA) is 12.0 Å². The van der Waals surface area contributed by atoms with Crippen molar-refractivity contribution in [2.24, 2.45) is 0 Å². The molecule has 0 spiro atoms. The van der Waals surface area contributed by atoms with E-state index < -0.39 is 0 Å². The van der Waals surface area contributed by atoms with Crippen molar-refractivity contribution in [3.05, 3.63) is 23.9 Å². The lowest BCUT2D eigenvalue weighted by atomic mass is 10.2. The predicted molar refractivity (Wildman–Crippen MR) is 46.8 cm³/mol. The summed E-state index contributed by atoms with van der Waals surface area (Å²) in [7, 11) is 0. The van der Waals surface area contributed by atoms with Gasteiger partial charge in [-0.15, -0.1) is 0 Å². The van der Waals surface area contributed by atoms with Gasteiger partial charge in [-0.1, -0.05) is 12.7 Å². The highest BCUT2D eigenvalue weighted by molar-refractivity contribution is 5.19. The molecule has 0 amide bonds. The van der Waals surface area contributed by atoms with E-state index in [2.05, 4.69) is 39.6 Å². The Morgan fingerprint density at radius 2 is 1.90 bits per heavy atom. The molecule has 10 heavy (non-hydrogen) atoms. The van der Waals surface area contributed by atoms with Crippen molar-refractivity contribution in [1.82, 2.24) is 5.32 Å². The van der Waals surface area contributed by atoms with Crippen LogP contribution in [0.3, 0.4) is 0 Å². The zero-order chi connectivity index (χ0) is 8.15. The van der Waals surface area contributed by atoms with Gasteiger partial charge in [-0.3, -0.25) is 0 Å². The van der Waals surface area contributed by atoms with Crippen molar-refractivity contribution in [2.75, 3.05) is 0 Å². The molecule has 1 nitrogen and oxygen atoms in total. The number of nitrogens with one attached hydrogen (secondary N) is 1. The van der Waals surface area contributed by atoms with E-state index in [1.807, 2.05) is 6.08 Å². The molecule has 0 saturated carbocycles. The summed E-state index contributed by atoms with van der Waals surface area (Å²) in [4.78, 5) is 0. The molecule has 1 N–H and O–H groups in total. The van der Waals surface area contributed by atoms with Crippen molar-refractivity contribution < 1.29 is 0 Å². The molecule has 0 aliphatic rings. The van der Waals surface area contributed by atoms with Gasteiger partial charge in [0.1, 0.15) is 0 Å². The number of hydrogen-bond donors (Lipinski definition) is 1. The standard InChI is InChI=1S/C9H17N/c1-6-8(4)9(5)10-7(2)3/h6-7,10H,1H2,2-5H3/b9-8+. The monoisotopic (exact) mass is 139 g/mol. The van der Waals surface area contributed by atoms with Crippen LogP contribution in [0, 0.1) is 0 Å². The zero-order valence-electron chi connectivity index (χ0n) is 7.36. The van der Waals surface area contributed by atoms with E-state index in [9.17, 15) is 0 Å². The van der Waals surface area contributed by atoms with Gasteiger partial charge in [0.25, 0.3) is 0 Å². The van der Waals surface area contributed by atoms with Crippen LogP contribution in [0.1, 0.15) is 27.7 Å². The number of hydrogen-bond acceptors (Lipinski definition) is 1. The van der Waals surface area contributed by atoms with Gasteiger partial charge in [0.05, 0.1) is 0 Å². The fourth-order valence-corrected chi connectivity index (χ4v) is 0.700. The third-order valence-corrected chi connectivity index (χ3v) is 1.40. The van der Waals surface area contributed by atoms with Crippen LogP contribution >= 0.6 is 0 Å². The van der Waals surface area contributed by atoms with Crippen LogP contribution in [0.2, 0.25) is 0 Å². The van der Waals surface area contributed by atoms with Gasteiger partial charge >= 0.3 is 0 Å². The van der Waals surface area contributed by atoms with Crippen LogP contribution in [0.5, 0.6) is 0 Å². The van der Waals surface area contributed by atoms with Crippen LogP contribution in [-0.2, 0) is 0 Å². The maximum atomic E-state index is 3.69. The van der Waals surface area contributed by atoms with Gasteiger partial charge in [-0.25, -0.2) is 0 Å². The molecule has 0 aromatic carbocycles. The molecule has 0 aliphatic heterocycles. The molecule has 0 bridgehead atoms. The molecule has 0 radical (unpaired) electrons. The van der Waals surface area contributed by atoms with Crippen LogP contribution in [0.4, 0.5) is 0 Å². The van der Waals surface area contributed by atoms with Gasteiger partial charge in [0, 0.05) is 11.7 Å². The molecule has 0 heterocycles. The molecule has 0 saturated heterocycles. The van der Waals surface area contributed by atoms with E-state index in [0.717, 1.165) is 0 Å². The molecule has 0 aromatic rings. The highest BCUT2D eigenvalue weighted by atomic mass is 14.9. The minimum Gasteiger partial charge on any atom is -0.386 e. The lowest BCUT2D eigenvalue weighted by Crippen LogP contribution is -2.20. The quantitative estimate of drug-likeness (QED) is 0.592. The summed E-state index contributed by atoms with van der Waals surface area (Å²) in [6, 6.07) is 0.509. The summed E-state index contributed by atoms with van der Waals surface area (Å²) in [6.07, 6.45) is 1.87. The number of allylic oxidation sites excluding steroid dienone is 3. The highest BCUT2D eigenvalue weighted by Gasteiger charge is 1.93. The predicted octanol–water partition coefficient (Wildman–Crippen LogP) is 2.46. The first-order valence-corrected chi connectivity index (χ1v) is 3.64. The molecule has 0 unspecified atom stereocenters. The Morgan fingerprint density at radius 1 is 1.40 bits per heavy atom. The van der Waals surface area contributed by atoms with Gasteiger partial charge < -0.3 is 5.32 Å². The van der Waals surface area contributed by atoms with Gasteiger partial charge in [-0.05, 0) is 33.3 Å². The second kappa shape index (κ2) is 4.15. The molecule has 0 aromatic heterocycles. The number of rotatable bonds is 3. The molecule has 1 heteroatoms. The first-order valence-electron chi connectivity index (χ1n) is 3.64. The third kappa shape index (κ3) is 3.33. The fraction of sp³-hybridized carbons (Fsp3) is 0.556. The Bertz CT molecular complexity index is 143. The lowest BCUT2D eigenvalue weighted by molar-refractivity contribution is 0.665. The maximum Gasteiger partial charge on any atom is 0.0201 e. The normalized spacial score (nSPS) is 12.9. The summed E-state index contributed by atoms with van der Waals surface area (Å²) >= 11 is 0. The third-order valence-electron chi connectivity index (χ3n) is 1.40. The zero-order valence-corrected chi connectivity index (χ0v) is 7.36. The van der Waals surface area contributed by atoms with Gasteiger partial charge in [-0.2, -0.15) is 0 Å². The summed E-state index contributed by atoms with van der Waals surface area (Å²) in [5, 5.41) is 3.30. The Hall–Kier alpha value is -0.720. The molecule has 58 valence electrons. The van der Waals surface area contributed by atoms with Crippen LogP contribution < -0.4 is 5.32 Å². The van der Waals surface area contributed by atoms with Crippen molar-refractivity contribution >= 4 is 0 Å². The van der Waals surface area contributed by atoms with E-state index in [-0.39, 0.29) is 0 Å². The first kappa shape index (κ1) is 9.28. The average Bonchev–Trinajstić information content (AvgIpc) is 1.85. The Kier molecular flexibility index (Phi) is 3.85. The average molecular weight is 139 g/mol. The SMILES string of the molecule is C=C/C(C)=C(\C)NC(C)C. The Morgan fingerprint density at radius 3 is 2.20 bits per heavy atom. The molecule has 0 fully saturated rings. The lowest BCUT2D eigenvalue weighted by Gasteiger charge is -2.11. The summed E-state index contributed by atoms with van der Waals surface area (Å²) in [6.45, 7) is 12.1. The molecule has 0 atom stereocenters. The molecule has 0 rings (SSSR count). The van der Waals surface area contributed by atoms with E-state index in [1.165, 1.54) is 11.3 Å². The van der Waals surface area contributed by atoms with E-state index >= 15 is 0 Å². The van der Waals surface area contributed by atoms with Crippen molar-refractivity contribution in [3.8, 4) is 0 Å². The molecular weight excluding hydrogens is 122 g/mol. The summed E-state index contributed by atoms with van der Waals surface area (Å²) in [5.41, 5.74) is 2.43. The minimum atomic E-state index is 0.509. The van der Waals surface area contributed by atoms with Crippen molar-refractivity contribution in [1.29, 1.82) is 0 Å². The van der Waals surface area contributed by atoms with Crippen LogP contribution in [-0.4, -0.2) is 6.04 Å². The van der Waals surface area contributed by atoms with Crippen LogP contribution in [0.25, 0.3) is 0 Å². The smallest absolute Gasteiger partial charge is 0.0201 e. The largest absolute Gasteiger partial charge is 0.386 e. The van der Waals surface area contributed by atoms with Crippen molar-refractivity contribution in [3.63, 3.8) is 0 Å². The maximum absolute atomic E-state index is 3.69. The van der Waals surface area contributed by atoms with E-state index in [1.54, 1.807) is 0 Å². The van der Waals surface area contributed by atoms with E-state index in [4.69, 9.17) is 0 Å². The fourth-order valence-electron chi connectivity index (χ4n) is 0.700. The molecular formula is C9H17N. The second-order valence-corrected chi connectivity index (χ2v) is 2.81. The Labute approximate surface area is 63.8 Å². The Balaban J connectivity index is 4.04. The minimum absolute atomic E-state index is 0.509.